The average Bonchev–Trinajstić information content (AvgIpc) is 2.90. The zero-order valence-electron chi connectivity index (χ0n) is 11.7. The average molecular weight is 297 g/mol. The minimum atomic E-state index is -0.0933. The second kappa shape index (κ2) is 6.95. The SMILES string of the molecule is C[C@H](N)c1ccc(OCC(=O)NC2CCCC2)c(Cl)c1. The fourth-order valence-electron chi connectivity index (χ4n) is 2.40. The van der Waals surface area contributed by atoms with Gasteiger partial charge in [-0.1, -0.05) is 30.5 Å². The lowest BCUT2D eigenvalue weighted by Crippen LogP contribution is -2.36. The quantitative estimate of drug-likeness (QED) is 0.878. The fraction of sp³-hybridized carbons (Fsp3) is 0.533. The van der Waals surface area contributed by atoms with Crippen LogP contribution in [0.5, 0.6) is 5.75 Å². The summed E-state index contributed by atoms with van der Waals surface area (Å²) in [5.41, 5.74) is 6.72. The van der Waals surface area contributed by atoms with Gasteiger partial charge in [0, 0.05) is 12.1 Å². The molecule has 0 saturated heterocycles. The van der Waals surface area contributed by atoms with Crippen LogP contribution in [0.15, 0.2) is 18.2 Å². The zero-order valence-corrected chi connectivity index (χ0v) is 12.5. The number of hydrogen-bond donors (Lipinski definition) is 2. The molecule has 0 bridgehead atoms. The van der Waals surface area contributed by atoms with Crippen LogP contribution in [0.1, 0.15) is 44.2 Å². The largest absolute Gasteiger partial charge is 0.482 e. The lowest BCUT2D eigenvalue weighted by Gasteiger charge is -2.14. The van der Waals surface area contributed by atoms with Gasteiger partial charge >= 0.3 is 0 Å². The van der Waals surface area contributed by atoms with Crippen molar-refractivity contribution >= 4 is 17.5 Å². The van der Waals surface area contributed by atoms with E-state index in [1.54, 1.807) is 12.1 Å². The van der Waals surface area contributed by atoms with Crippen molar-refractivity contribution in [2.45, 2.75) is 44.7 Å². The van der Waals surface area contributed by atoms with E-state index >= 15 is 0 Å². The third-order valence-electron chi connectivity index (χ3n) is 3.56. The summed E-state index contributed by atoms with van der Waals surface area (Å²) in [6.45, 7) is 1.88. The summed E-state index contributed by atoms with van der Waals surface area (Å²) < 4.78 is 5.46. The third-order valence-corrected chi connectivity index (χ3v) is 3.86. The van der Waals surface area contributed by atoms with Crippen molar-refractivity contribution in [2.24, 2.45) is 5.73 Å². The molecule has 1 fully saturated rings. The number of hydrogen-bond acceptors (Lipinski definition) is 3. The van der Waals surface area contributed by atoms with E-state index in [2.05, 4.69) is 5.32 Å². The molecule has 1 saturated carbocycles. The summed E-state index contributed by atoms with van der Waals surface area (Å²) in [7, 11) is 0. The van der Waals surface area contributed by atoms with E-state index in [4.69, 9.17) is 22.1 Å². The number of nitrogens with one attached hydrogen (secondary N) is 1. The molecule has 0 aliphatic heterocycles. The molecule has 4 nitrogen and oxygen atoms in total. The molecule has 3 N–H and O–H groups in total. The summed E-state index contributed by atoms with van der Waals surface area (Å²) in [6, 6.07) is 5.62. The van der Waals surface area contributed by atoms with Gasteiger partial charge in [0.1, 0.15) is 5.75 Å². The molecule has 110 valence electrons. The summed E-state index contributed by atoms with van der Waals surface area (Å²) in [6.07, 6.45) is 4.51. The van der Waals surface area contributed by atoms with Crippen LogP contribution < -0.4 is 15.8 Å². The molecule has 0 heterocycles. The minimum Gasteiger partial charge on any atom is -0.482 e. The Morgan fingerprint density at radius 3 is 2.80 bits per heavy atom. The topological polar surface area (TPSA) is 64.3 Å². The molecular weight excluding hydrogens is 276 g/mol. The Balaban J connectivity index is 1.85. The van der Waals surface area contributed by atoms with Crippen molar-refractivity contribution in [1.29, 1.82) is 0 Å². The summed E-state index contributed by atoms with van der Waals surface area (Å²) >= 11 is 6.11. The van der Waals surface area contributed by atoms with Crippen molar-refractivity contribution in [3.8, 4) is 5.75 Å². The van der Waals surface area contributed by atoms with Crippen LogP contribution in [0.3, 0.4) is 0 Å². The Morgan fingerprint density at radius 1 is 1.50 bits per heavy atom. The van der Waals surface area contributed by atoms with Gasteiger partial charge in [-0.3, -0.25) is 4.79 Å². The van der Waals surface area contributed by atoms with Crippen LogP contribution in [0.25, 0.3) is 0 Å². The second-order valence-electron chi connectivity index (χ2n) is 5.32. The standard InChI is InChI=1S/C15H21ClN2O2/c1-10(17)11-6-7-14(13(16)8-11)20-9-15(19)18-12-4-2-3-5-12/h6-8,10,12H,2-5,9,17H2,1H3,(H,18,19)/t10-/m0/s1. The Labute approximate surface area is 124 Å². The molecule has 1 aromatic rings. The molecule has 0 spiro atoms. The van der Waals surface area contributed by atoms with Crippen molar-refractivity contribution in [2.75, 3.05) is 6.61 Å². The predicted octanol–water partition coefficient (Wildman–Crippen LogP) is 2.80. The molecule has 1 aliphatic carbocycles. The first-order valence-corrected chi connectivity index (χ1v) is 7.41. The van der Waals surface area contributed by atoms with Gasteiger partial charge in [-0.15, -0.1) is 0 Å². The van der Waals surface area contributed by atoms with E-state index in [1.165, 1.54) is 12.8 Å². The maximum Gasteiger partial charge on any atom is 0.258 e. The highest BCUT2D eigenvalue weighted by atomic mass is 35.5. The van der Waals surface area contributed by atoms with Crippen LogP contribution in [0.4, 0.5) is 0 Å². The molecule has 1 aromatic carbocycles. The van der Waals surface area contributed by atoms with Crippen molar-refractivity contribution in [1.82, 2.24) is 5.32 Å². The van der Waals surface area contributed by atoms with Gasteiger partial charge in [0.25, 0.3) is 5.91 Å². The van der Waals surface area contributed by atoms with Gasteiger partial charge in [0.15, 0.2) is 6.61 Å². The first-order chi connectivity index (χ1) is 9.56. The molecule has 20 heavy (non-hydrogen) atoms. The van der Waals surface area contributed by atoms with Crippen LogP contribution in [0, 0.1) is 0 Å². The van der Waals surface area contributed by atoms with E-state index in [1.807, 2.05) is 13.0 Å². The van der Waals surface area contributed by atoms with E-state index in [0.29, 0.717) is 16.8 Å². The third kappa shape index (κ3) is 4.12. The first-order valence-electron chi connectivity index (χ1n) is 7.03. The molecular formula is C15H21ClN2O2. The number of halogens is 1. The molecule has 1 amide bonds. The van der Waals surface area contributed by atoms with E-state index in [0.717, 1.165) is 18.4 Å². The lowest BCUT2D eigenvalue weighted by molar-refractivity contribution is -0.123. The summed E-state index contributed by atoms with van der Waals surface area (Å²) in [5.74, 6) is 0.418. The van der Waals surface area contributed by atoms with Crippen LogP contribution in [-0.4, -0.2) is 18.6 Å². The van der Waals surface area contributed by atoms with E-state index in [-0.39, 0.29) is 18.6 Å². The number of carbonyl (C=O) groups excluding carboxylic acids is 1. The van der Waals surface area contributed by atoms with Gasteiger partial charge < -0.3 is 15.8 Å². The van der Waals surface area contributed by atoms with Crippen LogP contribution >= 0.6 is 11.6 Å². The number of amides is 1. The number of rotatable bonds is 5. The van der Waals surface area contributed by atoms with Crippen LogP contribution in [-0.2, 0) is 4.79 Å². The monoisotopic (exact) mass is 296 g/mol. The highest BCUT2D eigenvalue weighted by Gasteiger charge is 2.17. The zero-order chi connectivity index (χ0) is 14.5. The Hall–Kier alpha value is -1.26. The van der Waals surface area contributed by atoms with Gasteiger partial charge in [-0.25, -0.2) is 0 Å². The van der Waals surface area contributed by atoms with Gasteiger partial charge in [0.05, 0.1) is 5.02 Å². The minimum absolute atomic E-state index is 0.00621. The second-order valence-corrected chi connectivity index (χ2v) is 5.72. The van der Waals surface area contributed by atoms with E-state index < -0.39 is 0 Å². The number of carbonyl (C=O) groups is 1. The maximum absolute atomic E-state index is 11.8. The number of benzene rings is 1. The molecule has 1 aliphatic rings. The molecule has 0 aromatic heterocycles. The highest BCUT2D eigenvalue weighted by Crippen LogP contribution is 2.27. The number of ether oxygens (including phenoxy) is 1. The van der Waals surface area contributed by atoms with E-state index in [9.17, 15) is 4.79 Å². The molecule has 1 atom stereocenters. The van der Waals surface area contributed by atoms with Crippen LogP contribution in [0.2, 0.25) is 5.02 Å². The van der Waals surface area contributed by atoms with Gasteiger partial charge in [-0.2, -0.15) is 0 Å². The highest BCUT2D eigenvalue weighted by molar-refractivity contribution is 6.32. The molecule has 0 radical (unpaired) electrons. The van der Waals surface area contributed by atoms with Crippen molar-refractivity contribution < 1.29 is 9.53 Å². The summed E-state index contributed by atoms with van der Waals surface area (Å²) in [4.78, 5) is 11.8. The first kappa shape index (κ1) is 15.1. The summed E-state index contributed by atoms with van der Waals surface area (Å²) in [5, 5.41) is 3.45. The fourth-order valence-corrected chi connectivity index (χ4v) is 2.64. The maximum atomic E-state index is 11.8. The van der Waals surface area contributed by atoms with Crippen molar-refractivity contribution in [3.63, 3.8) is 0 Å². The Bertz CT molecular complexity index is 471. The normalized spacial score (nSPS) is 16.9. The molecule has 5 heteroatoms. The van der Waals surface area contributed by atoms with Gasteiger partial charge in [0.2, 0.25) is 0 Å². The lowest BCUT2D eigenvalue weighted by atomic mass is 10.1. The molecule has 0 unspecified atom stereocenters. The Kier molecular flexibility index (Phi) is 5.26. The smallest absolute Gasteiger partial charge is 0.258 e. The van der Waals surface area contributed by atoms with Gasteiger partial charge in [-0.05, 0) is 37.5 Å². The number of nitrogens with two attached hydrogens (primary N) is 1. The Morgan fingerprint density at radius 2 is 2.20 bits per heavy atom. The predicted molar refractivity (Wildman–Crippen MR) is 79.9 cm³/mol. The molecule has 2 rings (SSSR count). The van der Waals surface area contributed by atoms with Crippen molar-refractivity contribution in [3.05, 3.63) is 28.8 Å².